The van der Waals surface area contributed by atoms with Crippen LogP contribution < -0.4 is 0 Å². The van der Waals surface area contributed by atoms with Gasteiger partial charge in [-0.15, -0.1) is 0 Å². The van der Waals surface area contributed by atoms with Crippen LogP contribution in [0.4, 0.5) is 0 Å². The Balaban J connectivity index is 2.77. The first-order chi connectivity index (χ1) is 5.81. The second-order valence-corrected chi connectivity index (χ2v) is 7.45. The summed E-state index contributed by atoms with van der Waals surface area (Å²) < 4.78 is 45.6. The summed E-state index contributed by atoms with van der Waals surface area (Å²) >= 11 is 0. The van der Waals surface area contributed by atoms with Crippen molar-refractivity contribution < 1.29 is 16.8 Å². The molecule has 1 fully saturated rings. The predicted molar refractivity (Wildman–Crippen MR) is 49.7 cm³/mol. The fraction of sp³-hybridized carbons (Fsp3) is 1.00. The molecule has 0 bridgehead atoms. The molecule has 7 heteroatoms. The van der Waals surface area contributed by atoms with Crippen molar-refractivity contribution in [3.63, 3.8) is 0 Å². The SMILES string of the molecule is CS(=O)(=O)N1CCCS(=O)(=O)CC1. The van der Waals surface area contributed by atoms with Gasteiger partial charge in [0.05, 0.1) is 17.8 Å². The molecule has 0 radical (unpaired) electrons. The molecule has 0 atom stereocenters. The van der Waals surface area contributed by atoms with Crippen molar-refractivity contribution >= 4 is 19.9 Å². The van der Waals surface area contributed by atoms with Gasteiger partial charge < -0.3 is 0 Å². The minimum atomic E-state index is -3.23. The first-order valence-electron chi connectivity index (χ1n) is 3.97. The van der Waals surface area contributed by atoms with E-state index in [0.717, 1.165) is 6.26 Å². The smallest absolute Gasteiger partial charge is 0.211 e. The molecular weight excluding hydrogens is 214 g/mol. The lowest BCUT2D eigenvalue weighted by molar-refractivity contribution is 0.439. The van der Waals surface area contributed by atoms with Crippen molar-refractivity contribution in [2.24, 2.45) is 0 Å². The van der Waals surface area contributed by atoms with Gasteiger partial charge in [-0.25, -0.2) is 21.1 Å². The van der Waals surface area contributed by atoms with E-state index in [2.05, 4.69) is 0 Å². The molecule has 0 aromatic rings. The van der Waals surface area contributed by atoms with E-state index in [9.17, 15) is 16.8 Å². The van der Waals surface area contributed by atoms with Crippen LogP contribution >= 0.6 is 0 Å². The quantitative estimate of drug-likeness (QED) is 0.580. The Hall–Kier alpha value is -0.140. The average Bonchev–Trinajstić information content (AvgIpc) is 2.08. The monoisotopic (exact) mass is 227 g/mol. The van der Waals surface area contributed by atoms with Crippen LogP contribution in [0.15, 0.2) is 0 Å². The topological polar surface area (TPSA) is 71.5 Å². The molecule has 0 aromatic heterocycles. The van der Waals surface area contributed by atoms with Gasteiger partial charge in [-0.05, 0) is 6.42 Å². The van der Waals surface area contributed by atoms with E-state index in [-0.39, 0.29) is 18.1 Å². The standard InChI is InChI=1S/C6H13NO4S2/c1-12(8,9)7-3-2-5-13(10,11)6-4-7/h2-6H2,1H3. The molecule has 0 amide bonds. The van der Waals surface area contributed by atoms with E-state index in [4.69, 9.17) is 0 Å². The van der Waals surface area contributed by atoms with E-state index in [0.29, 0.717) is 13.0 Å². The molecule has 0 aromatic carbocycles. The lowest BCUT2D eigenvalue weighted by Gasteiger charge is -2.15. The first-order valence-corrected chi connectivity index (χ1v) is 7.64. The van der Waals surface area contributed by atoms with Crippen LogP contribution in [0.2, 0.25) is 0 Å². The normalized spacial score (nSPS) is 25.3. The minimum Gasteiger partial charge on any atom is -0.229 e. The Morgan fingerprint density at radius 2 is 1.77 bits per heavy atom. The van der Waals surface area contributed by atoms with Gasteiger partial charge in [-0.1, -0.05) is 0 Å². The van der Waals surface area contributed by atoms with Crippen LogP contribution in [0.3, 0.4) is 0 Å². The van der Waals surface area contributed by atoms with Crippen molar-refractivity contribution in [1.82, 2.24) is 4.31 Å². The molecular formula is C6H13NO4S2. The van der Waals surface area contributed by atoms with E-state index >= 15 is 0 Å². The summed E-state index contributed by atoms with van der Waals surface area (Å²) in [6.45, 7) is 0.416. The third-order valence-corrected chi connectivity index (χ3v) is 5.00. The Morgan fingerprint density at radius 3 is 2.31 bits per heavy atom. The summed E-state index contributed by atoms with van der Waals surface area (Å²) in [5, 5.41) is 0. The number of sulfone groups is 1. The van der Waals surface area contributed by atoms with Crippen molar-refractivity contribution in [3.05, 3.63) is 0 Å². The van der Waals surface area contributed by atoms with Gasteiger partial charge in [0.25, 0.3) is 0 Å². The second kappa shape index (κ2) is 3.55. The maximum atomic E-state index is 11.1. The zero-order chi connectivity index (χ0) is 10.1. The van der Waals surface area contributed by atoms with Gasteiger partial charge in [-0.2, -0.15) is 0 Å². The Bertz CT molecular complexity index is 369. The van der Waals surface area contributed by atoms with E-state index in [1.165, 1.54) is 4.31 Å². The van der Waals surface area contributed by atoms with Gasteiger partial charge in [-0.3, -0.25) is 0 Å². The summed E-state index contributed by atoms with van der Waals surface area (Å²) in [5.41, 5.74) is 0. The average molecular weight is 227 g/mol. The highest BCUT2D eigenvalue weighted by Crippen LogP contribution is 2.07. The highest BCUT2D eigenvalue weighted by atomic mass is 32.2. The molecule has 1 rings (SSSR count). The lowest BCUT2D eigenvalue weighted by atomic mass is 10.5. The van der Waals surface area contributed by atoms with E-state index in [1.54, 1.807) is 0 Å². The number of rotatable bonds is 1. The molecule has 1 aliphatic rings. The minimum absolute atomic E-state index is 0.0555. The number of sulfonamides is 1. The van der Waals surface area contributed by atoms with Gasteiger partial charge in [0.15, 0.2) is 9.84 Å². The van der Waals surface area contributed by atoms with Gasteiger partial charge in [0.1, 0.15) is 0 Å². The van der Waals surface area contributed by atoms with Crippen molar-refractivity contribution in [2.45, 2.75) is 6.42 Å². The van der Waals surface area contributed by atoms with Crippen molar-refractivity contribution in [1.29, 1.82) is 0 Å². The highest BCUT2D eigenvalue weighted by Gasteiger charge is 2.24. The second-order valence-electron chi connectivity index (χ2n) is 3.17. The molecule has 0 saturated carbocycles. The molecule has 0 aliphatic carbocycles. The Morgan fingerprint density at radius 1 is 1.15 bits per heavy atom. The third kappa shape index (κ3) is 3.24. The molecule has 0 unspecified atom stereocenters. The molecule has 5 nitrogen and oxygen atoms in total. The fourth-order valence-electron chi connectivity index (χ4n) is 1.25. The summed E-state index contributed by atoms with van der Waals surface area (Å²) in [6, 6.07) is 0. The maximum Gasteiger partial charge on any atom is 0.211 e. The van der Waals surface area contributed by atoms with Crippen LogP contribution in [-0.4, -0.2) is 52.0 Å². The van der Waals surface area contributed by atoms with Crippen molar-refractivity contribution in [2.75, 3.05) is 30.9 Å². The van der Waals surface area contributed by atoms with Gasteiger partial charge in [0.2, 0.25) is 10.0 Å². The summed E-state index contributed by atoms with van der Waals surface area (Å²) in [7, 11) is -6.25. The zero-order valence-electron chi connectivity index (χ0n) is 7.43. The van der Waals surface area contributed by atoms with Crippen LogP contribution in [0.5, 0.6) is 0 Å². The molecule has 1 heterocycles. The van der Waals surface area contributed by atoms with Crippen LogP contribution in [0.1, 0.15) is 6.42 Å². The largest absolute Gasteiger partial charge is 0.229 e. The fourth-order valence-corrected chi connectivity index (χ4v) is 3.52. The molecule has 1 aliphatic heterocycles. The summed E-state index contributed by atoms with van der Waals surface area (Å²) in [4.78, 5) is 0. The third-order valence-electron chi connectivity index (χ3n) is 1.98. The summed E-state index contributed by atoms with van der Waals surface area (Å²) in [6.07, 6.45) is 1.50. The Labute approximate surface area is 78.7 Å². The zero-order valence-corrected chi connectivity index (χ0v) is 9.07. The molecule has 78 valence electrons. The lowest BCUT2D eigenvalue weighted by Crippen LogP contribution is -2.32. The highest BCUT2D eigenvalue weighted by molar-refractivity contribution is 7.91. The Kier molecular flexibility index (Phi) is 2.98. The molecule has 0 spiro atoms. The van der Waals surface area contributed by atoms with E-state index in [1.807, 2.05) is 0 Å². The van der Waals surface area contributed by atoms with Crippen LogP contribution in [0.25, 0.3) is 0 Å². The van der Waals surface area contributed by atoms with Crippen LogP contribution in [0, 0.1) is 0 Å². The van der Waals surface area contributed by atoms with Crippen LogP contribution in [-0.2, 0) is 19.9 Å². The number of hydrogen-bond donors (Lipinski definition) is 0. The molecule has 0 N–H and O–H groups in total. The number of nitrogens with zero attached hydrogens (tertiary/aromatic N) is 1. The maximum absolute atomic E-state index is 11.1. The first kappa shape index (κ1) is 10.9. The van der Waals surface area contributed by atoms with Crippen molar-refractivity contribution in [3.8, 4) is 0 Å². The summed E-state index contributed by atoms with van der Waals surface area (Å²) in [5.74, 6) is 0.0408. The van der Waals surface area contributed by atoms with Gasteiger partial charge in [0, 0.05) is 13.1 Å². The molecule has 13 heavy (non-hydrogen) atoms. The predicted octanol–water partition coefficient (Wildman–Crippen LogP) is -0.933. The molecule has 1 saturated heterocycles. The van der Waals surface area contributed by atoms with Gasteiger partial charge >= 0.3 is 0 Å². The number of hydrogen-bond acceptors (Lipinski definition) is 4. The van der Waals surface area contributed by atoms with E-state index < -0.39 is 19.9 Å².